The Morgan fingerprint density at radius 2 is 0.947 bits per heavy atom. The van der Waals surface area contributed by atoms with Crippen LogP contribution in [-0.4, -0.2) is 18.6 Å². The van der Waals surface area contributed by atoms with E-state index in [1.165, 1.54) is 64.2 Å². The van der Waals surface area contributed by atoms with Gasteiger partial charge in [0.1, 0.15) is 0 Å². The molecule has 2 aliphatic carbocycles. The van der Waals surface area contributed by atoms with Crippen LogP contribution in [0, 0.1) is 0 Å². The molecule has 0 atom stereocenters. The largest absolute Gasteiger partial charge is 0.673 e. The molecule has 19 heavy (non-hydrogen) atoms. The number of hydrogen-bond acceptors (Lipinski definition) is 0. The Kier molecular flexibility index (Phi) is 8.05. The molecule has 2 fully saturated rings. The van der Waals surface area contributed by atoms with Crippen molar-refractivity contribution in [3.63, 3.8) is 0 Å². The highest BCUT2D eigenvalue weighted by molar-refractivity contribution is 7.85. The fourth-order valence-corrected chi connectivity index (χ4v) is 6.44. The van der Waals surface area contributed by atoms with Crippen LogP contribution in [0.15, 0.2) is 0 Å². The van der Waals surface area contributed by atoms with E-state index < -0.39 is 7.25 Å². The van der Waals surface area contributed by atoms with Crippen molar-refractivity contribution in [1.29, 1.82) is 0 Å². The highest BCUT2D eigenvalue weighted by atomic mass is 35.7. The maximum Gasteiger partial charge on any atom is 0.673 e. The van der Waals surface area contributed by atoms with Gasteiger partial charge in [-0.05, 0) is 44.3 Å². The van der Waals surface area contributed by atoms with E-state index in [4.69, 9.17) is 11.2 Å². The van der Waals surface area contributed by atoms with Crippen molar-refractivity contribution in [3.8, 4) is 0 Å². The van der Waals surface area contributed by atoms with Crippen LogP contribution in [0.1, 0.15) is 64.2 Å². The number of rotatable bonds is 2. The minimum Gasteiger partial charge on any atom is -0.418 e. The predicted molar refractivity (Wildman–Crippen MR) is 76.7 cm³/mol. The second-order valence-corrected chi connectivity index (χ2v) is 8.74. The lowest BCUT2D eigenvalue weighted by Crippen LogP contribution is -2.17. The first-order valence-corrected chi connectivity index (χ1v) is 9.58. The maximum absolute atomic E-state index is 9.75. The average molecular weight is 320 g/mol. The van der Waals surface area contributed by atoms with Gasteiger partial charge in [-0.1, -0.05) is 49.8 Å². The van der Waals surface area contributed by atoms with Gasteiger partial charge in [0.15, 0.2) is 0 Å². The van der Waals surface area contributed by atoms with Crippen LogP contribution in [0.4, 0.5) is 17.3 Å². The van der Waals surface area contributed by atoms with Crippen LogP contribution in [0.3, 0.4) is 0 Å². The third-order valence-corrected chi connectivity index (χ3v) is 7.93. The van der Waals surface area contributed by atoms with E-state index in [-0.39, 0.29) is 7.27 Å². The lowest BCUT2D eigenvalue weighted by atomic mass is 10.00. The summed E-state index contributed by atoms with van der Waals surface area (Å²) in [4.78, 5) is 0. The van der Waals surface area contributed by atoms with Gasteiger partial charge in [0.2, 0.25) is 0 Å². The average Bonchev–Trinajstić information content (AvgIpc) is 2.38. The van der Waals surface area contributed by atoms with Gasteiger partial charge >= 0.3 is 7.25 Å². The van der Waals surface area contributed by atoms with Gasteiger partial charge in [-0.25, -0.2) is 0 Å². The van der Waals surface area contributed by atoms with E-state index >= 15 is 0 Å². The number of halogens is 5. The Bertz CT molecular complexity index is 216. The second kappa shape index (κ2) is 8.72. The van der Waals surface area contributed by atoms with Gasteiger partial charge in [-0.2, -0.15) is 0 Å². The minimum atomic E-state index is -6.00. The molecular formula is C12H22BClF4P-. The summed E-state index contributed by atoms with van der Waals surface area (Å²) in [6.07, 6.45) is 14.5. The van der Waals surface area contributed by atoms with Gasteiger partial charge in [0.05, 0.1) is 0 Å². The maximum atomic E-state index is 9.75. The van der Waals surface area contributed by atoms with Crippen molar-refractivity contribution in [3.05, 3.63) is 0 Å². The molecule has 2 rings (SSSR count). The highest BCUT2D eigenvalue weighted by Gasteiger charge is 2.29. The summed E-state index contributed by atoms with van der Waals surface area (Å²) in [6, 6.07) is 0. The second-order valence-electron chi connectivity index (χ2n) is 5.42. The summed E-state index contributed by atoms with van der Waals surface area (Å²) < 4.78 is 39.0. The first kappa shape index (κ1) is 17.6. The lowest BCUT2D eigenvalue weighted by Gasteiger charge is -2.33. The Hall–Kier alpha value is 0.505. The molecule has 0 bridgehead atoms. The van der Waals surface area contributed by atoms with Crippen molar-refractivity contribution >= 4 is 25.8 Å². The third-order valence-electron chi connectivity index (χ3n) is 3.85. The molecule has 0 aromatic rings. The molecule has 114 valence electrons. The molecule has 7 heteroatoms. The molecule has 2 saturated carbocycles. The molecule has 0 aromatic heterocycles. The van der Waals surface area contributed by atoms with Crippen LogP contribution in [-0.2, 0) is 0 Å². The topological polar surface area (TPSA) is 0 Å². The summed E-state index contributed by atoms with van der Waals surface area (Å²) in [5, 5.41) is 0. The molecule has 0 aliphatic heterocycles. The van der Waals surface area contributed by atoms with Gasteiger partial charge in [0.25, 0.3) is 0 Å². The summed E-state index contributed by atoms with van der Waals surface area (Å²) in [5.74, 6) is 0. The Labute approximate surface area is 119 Å². The molecule has 2 aliphatic rings. The number of hydrogen-bond donors (Lipinski definition) is 0. The van der Waals surface area contributed by atoms with Crippen LogP contribution < -0.4 is 0 Å². The first-order valence-electron chi connectivity index (χ1n) is 7.19. The molecular weight excluding hydrogens is 297 g/mol. The normalized spacial score (nSPS) is 23.1. The van der Waals surface area contributed by atoms with E-state index in [0.29, 0.717) is 0 Å². The van der Waals surface area contributed by atoms with Crippen molar-refractivity contribution in [1.82, 2.24) is 0 Å². The Morgan fingerprint density at radius 1 is 0.684 bits per heavy atom. The third kappa shape index (κ3) is 8.39. The van der Waals surface area contributed by atoms with Gasteiger partial charge in [0, 0.05) is 0 Å². The lowest BCUT2D eigenvalue weighted by molar-refractivity contribution is 0.368. The van der Waals surface area contributed by atoms with Crippen molar-refractivity contribution in [2.24, 2.45) is 0 Å². The SMILES string of the molecule is ClP(C1CCCCC1)C1CCCCC1.F[B-](F)(F)F. The summed E-state index contributed by atoms with van der Waals surface area (Å²) in [5.41, 5.74) is 1.84. The summed E-state index contributed by atoms with van der Waals surface area (Å²) >= 11 is 6.70. The van der Waals surface area contributed by atoms with Gasteiger partial charge < -0.3 is 17.3 Å². The van der Waals surface area contributed by atoms with Crippen molar-refractivity contribution in [2.75, 3.05) is 0 Å². The smallest absolute Gasteiger partial charge is 0.418 e. The molecule has 0 N–H and O–H groups in total. The Morgan fingerprint density at radius 3 is 1.21 bits per heavy atom. The molecule has 0 spiro atoms. The van der Waals surface area contributed by atoms with E-state index in [2.05, 4.69) is 0 Å². The molecule has 0 aromatic carbocycles. The van der Waals surface area contributed by atoms with E-state index in [1.54, 1.807) is 0 Å². The van der Waals surface area contributed by atoms with Crippen molar-refractivity contribution < 1.29 is 17.3 Å². The van der Waals surface area contributed by atoms with E-state index in [0.717, 1.165) is 11.3 Å². The molecule has 0 nitrogen and oxygen atoms in total. The van der Waals surface area contributed by atoms with Crippen LogP contribution in [0.5, 0.6) is 0 Å². The standard InChI is InChI=1S/C12H22ClP.BF4/c13-14(11-7-3-1-4-8-11)12-9-5-2-6-10-12;2-1(3,4)5/h11-12H,1-10H2;/q;-1. The van der Waals surface area contributed by atoms with Crippen LogP contribution in [0.2, 0.25) is 0 Å². The zero-order valence-electron chi connectivity index (χ0n) is 11.1. The van der Waals surface area contributed by atoms with Crippen LogP contribution in [0.25, 0.3) is 0 Å². The molecule has 0 saturated heterocycles. The van der Waals surface area contributed by atoms with Gasteiger partial charge in [-0.15, -0.1) is 0 Å². The summed E-state index contributed by atoms with van der Waals surface area (Å²) in [6.45, 7) is 0. The zero-order valence-corrected chi connectivity index (χ0v) is 12.8. The highest BCUT2D eigenvalue weighted by Crippen LogP contribution is 2.59. The van der Waals surface area contributed by atoms with Crippen molar-refractivity contribution in [2.45, 2.75) is 75.5 Å². The van der Waals surface area contributed by atoms with E-state index in [9.17, 15) is 17.3 Å². The summed E-state index contributed by atoms with van der Waals surface area (Å²) in [7, 11) is -6.14. The molecule has 0 amide bonds. The fourth-order valence-electron chi connectivity index (χ4n) is 2.95. The molecule has 0 heterocycles. The monoisotopic (exact) mass is 319 g/mol. The molecule has 0 unspecified atom stereocenters. The quantitative estimate of drug-likeness (QED) is 0.306. The Balaban J connectivity index is 0.000000312. The van der Waals surface area contributed by atoms with Gasteiger partial charge in [-0.3, -0.25) is 0 Å². The molecule has 0 radical (unpaired) electrons. The van der Waals surface area contributed by atoms with Crippen LogP contribution >= 0.6 is 18.5 Å². The fraction of sp³-hybridized carbons (Fsp3) is 1.00. The zero-order chi connectivity index (χ0) is 14.3. The first-order chi connectivity index (χ1) is 8.88. The van der Waals surface area contributed by atoms with E-state index in [1.807, 2.05) is 0 Å². The predicted octanol–water partition coefficient (Wildman–Crippen LogP) is 6.59. The minimum absolute atomic E-state index is 0.145.